The number of anilines is 1. The molecule has 1 saturated heterocycles. The molecule has 9 heteroatoms. The van der Waals surface area contributed by atoms with Crippen molar-refractivity contribution in [2.24, 2.45) is 4.40 Å². The molecule has 0 spiro atoms. The van der Waals surface area contributed by atoms with Crippen LogP contribution in [0.5, 0.6) is 0 Å². The van der Waals surface area contributed by atoms with Gasteiger partial charge in [-0.3, -0.25) is 4.79 Å². The summed E-state index contributed by atoms with van der Waals surface area (Å²) in [4.78, 5) is 18.7. The molecule has 0 aliphatic carbocycles. The van der Waals surface area contributed by atoms with Crippen molar-refractivity contribution < 1.29 is 17.6 Å². The Hall–Kier alpha value is -3.46. The molecule has 0 atom stereocenters. The molecule has 4 rings (SSSR count). The summed E-state index contributed by atoms with van der Waals surface area (Å²) in [6, 6.07) is 14.1. The molecule has 0 radical (unpaired) electrons. The monoisotopic (exact) mass is 494 g/mol. The van der Waals surface area contributed by atoms with E-state index in [1.807, 2.05) is 43.1 Å². The second-order valence-corrected chi connectivity index (χ2v) is 10.4. The Labute approximate surface area is 206 Å². The predicted molar refractivity (Wildman–Crippen MR) is 136 cm³/mol. The van der Waals surface area contributed by atoms with Gasteiger partial charge in [-0.25, -0.2) is 4.98 Å². The lowest BCUT2D eigenvalue weighted by atomic mass is 10.1. The van der Waals surface area contributed by atoms with E-state index in [0.29, 0.717) is 36.0 Å². The molecule has 1 N–H and O–H groups in total. The Morgan fingerprint density at radius 3 is 2.74 bits per heavy atom. The maximum absolute atomic E-state index is 12.9. The molecule has 35 heavy (non-hydrogen) atoms. The van der Waals surface area contributed by atoms with Crippen molar-refractivity contribution in [1.29, 1.82) is 0 Å². The number of oxazole rings is 1. The van der Waals surface area contributed by atoms with E-state index in [0.717, 1.165) is 36.9 Å². The van der Waals surface area contributed by atoms with E-state index < -0.39 is 10.0 Å². The number of amides is 1. The average Bonchev–Trinajstić information content (AvgIpc) is 3.22. The van der Waals surface area contributed by atoms with Gasteiger partial charge in [-0.2, -0.15) is 8.42 Å². The third kappa shape index (κ3) is 6.57. The van der Waals surface area contributed by atoms with E-state index in [4.69, 9.17) is 4.42 Å². The van der Waals surface area contributed by atoms with Crippen LogP contribution < -0.4 is 5.32 Å². The molecule has 1 aliphatic rings. The number of hydrogen-bond donors (Lipinski definition) is 1. The fourth-order valence-electron chi connectivity index (χ4n) is 3.89. The zero-order chi connectivity index (χ0) is 24.8. The highest BCUT2D eigenvalue weighted by Crippen LogP contribution is 2.22. The molecule has 2 heterocycles. The lowest BCUT2D eigenvalue weighted by Crippen LogP contribution is -2.26. The minimum atomic E-state index is -3.88. The number of hydrogen-bond acceptors (Lipinski definition) is 5. The zero-order valence-corrected chi connectivity index (χ0v) is 20.8. The minimum absolute atomic E-state index is 0.0517. The topological polar surface area (TPSA) is 105 Å². The Balaban J connectivity index is 1.38. The van der Waals surface area contributed by atoms with Crippen LogP contribution in [0.4, 0.5) is 5.69 Å². The minimum Gasteiger partial charge on any atom is -0.441 e. The maximum Gasteiger partial charge on any atom is 0.284 e. The van der Waals surface area contributed by atoms with Gasteiger partial charge in [0.25, 0.3) is 10.0 Å². The van der Waals surface area contributed by atoms with Gasteiger partial charge in [-0.1, -0.05) is 42.3 Å². The molecule has 0 unspecified atom stereocenters. The number of sulfonamides is 1. The number of carbonyl (C=O) groups is 1. The van der Waals surface area contributed by atoms with Crippen molar-refractivity contribution in [3.05, 3.63) is 66.2 Å². The number of nitrogens with one attached hydrogen (secondary N) is 1. The van der Waals surface area contributed by atoms with Gasteiger partial charge in [0, 0.05) is 44.1 Å². The number of rotatable bonds is 7. The average molecular weight is 495 g/mol. The van der Waals surface area contributed by atoms with E-state index >= 15 is 0 Å². The quantitative estimate of drug-likeness (QED) is 0.505. The van der Waals surface area contributed by atoms with Gasteiger partial charge in [0.15, 0.2) is 11.7 Å². The van der Waals surface area contributed by atoms with Crippen LogP contribution >= 0.6 is 0 Å². The SMILES string of the molecule is Cc1ccc(-c2cnc(CCC(=O)Nc3cccc(S(=O)(=O)N=C4CCCCCN4C)c3)o2)cc1. The molecular formula is C26H30N4O4S. The van der Waals surface area contributed by atoms with Crippen molar-refractivity contribution in [3.63, 3.8) is 0 Å². The third-order valence-electron chi connectivity index (χ3n) is 5.93. The fraction of sp³-hybridized carbons (Fsp3) is 0.346. The summed E-state index contributed by atoms with van der Waals surface area (Å²) in [6.45, 7) is 2.81. The van der Waals surface area contributed by atoms with E-state index in [9.17, 15) is 13.2 Å². The summed E-state index contributed by atoms with van der Waals surface area (Å²) in [5, 5.41) is 2.76. The largest absolute Gasteiger partial charge is 0.441 e. The van der Waals surface area contributed by atoms with Crippen LogP contribution in [0.3, 0.4) is 0 Å². The molecule has 184 valence electrons. The molecule has 0 saturated carbocycles. The van der Waals surface area contributed by atoms with Crippen molar-refractivity contribution in [2.45, 2.75) is 50.3 Å². The normalized spacial score (nSPS) is 15.7. The highest BCUT2D eigenvalue weighted by molar-refractivity contribution is 7.90. The maximum atomic E-state index is 12.9. The third-order valence-corrected chi connectivity index (χ3v) is 7.23. The first-order chi connectivity index (χ1) is 16.8. The fourth-order valence-corrected chi connectivity index (χ4v) is 5.03. The lowest BCUT2D eigenvalue weighted by molar-refractivity contribution is -0.116. The Bertz CT molecular complexity index is 1310. The molecular weight excluding hydrogens is 464 g/mol. The molecule has 3 aromatic rings. The van der Waals surface area contributed by atoms with E-state index in [1.165, 1.54) is 12.1 Å². The molecule has 2 aromatic carbocycles. The predicted octanol–water partition coefficient (Wildman–Crippen LogP) is 4.81. The van der Waals surface area contributed by atoms with Crippen LogP contribution in [0, 0.1) is 6.92 Å². The molecule has 0 bridgehead atoms. The van der Waals surface area contributed by atoms with Gasteiger partial charge in [0.05, 0.1) is 11.1 Å². The number of carbonyl (C=O) groups excluding carboxylic acids is 1. The standard InChI is InChI=1S/C26H30N4O4S/c1-19-10-12-20(13-11-19)23-18-27-26(34-23)15-14-25(31)28-21-7-6-8-22(17-21)35(32,33)29-24-9-4-3-5-16-30(24)2/h6-8,10-13,17-18H,3-5,9,14-16H2,1-2H3,(H,28,31). The summed E-state index contributed by atoms with van der Waals surface area (Å²) < 4.78 is 35.7. The van der Waals surface area contributed by atoms with Crippen molar-refractivity contribution in [2.75, 3.05) is 18.9 Å². The summed E-state index contributed by atoms with van der Waals surface area (Å²) >= 11 is 0. The van der Waals surface area contributed by atoms with Crippen molar-refractivity contribution in [3.8, 4) is 11.3 Å². The van der Waals surface area contributed by atoms with Crippen LogP contribution in [-0.4, -0.2) is 43.6 Å². The molecule has 1 amide bonds. The van der Waals surface area contributed by atoms with Gasteiger partial charge in [-0.15, -0.1) is 4.40 Å². The van der Waals surface area contributed by atoms with Gasteiger partial charge in [0.1, 0.15) is 5.84 Å². The number of nitrogens with zero attached hydrogens (tertiary/aromatic N) is 3. The first-order valence-electron chi connectivity index (χ1n) is 11.8. The van der Waals surface area contributed by atoms with Crippen LogP contribution in [-0.2, 0) is 21.2 Å². The van der Waals surface area contributed by atoms with Crippen molar-refractivity contribution in [1.82, 2.24) is 9.88 Å². The summed E-state index contributed by atoms with van der Waals surface area (Å²) in [5.74, 6) is 1.44. The van der Waals surface area contributed by atoms with E-state index in [2.05, 4.69) is 14.7 Å². The smallest absolute Gasteiger partial charge is 0.284 e. The van der Waals surface area contributed by atoms with Crippen LogP contribution in [0.15, 0.2) is 68.4 Å². The lowest BCUT2D eigenvalue weighted by Gasteiger charge is -2.17. The van der Waals surface area contributed by atoms with Crippen LogP contribution in [0.25, 0.3) is 11.3 Å². The van der Waals surface area contributed by atoms with Gasteiger partial charge in [-0.05, 0) is 38.0 Å². The number of amidine groups is 1. The second kappa shape index (κ2) is 10.9. The van der Waals surface area contributed by atoms with E-state index in [1.54, 1.807) is 18.3 Å². The van der Waals surface area contributed by atoms with Gasteiger partial charge < -0.3 is 14.6 Å². The first-order valence-corrected chi connectivity index (χ1v) is 13.2. The second-order valence-electron chi connectivity index (χ2n) is 8.78. The molecule has 8 nitrogen and oxygen atoms in total. The number of aromatic nitrogens is 1. The zero-order valence-electron chi connectivity index (χ0n) is 20.0. The van der Waals surface area contributed by atoms with Gasteiger partial charge in [0.2, 0.25) is 5.91 Å². The number of benzene rings is 2. The highest BCUT2D eigenvalue weighted by Gasteiger charge is 2.19. The highest BCUT2D eigenvalue weighted by atomic mass is 32.2. The number of likely N-dealkylation sites (tertiary alicyclic amines) is 1. The van der Waals surface area contributed by atoms with Crippen molar-refractivity contribution >= 4 is 27.5 Å². The molecule has 1 fully saturated rings. The van der Waals surface area contributed by atoms with Crippen LogP contribution in [0.2, 0.25) is 0 Å². The Morgan fingerprint density at radius 2 is 1.94 bits per heavy atom. The van der Waals surface area contributed by atoms with E-state index in [-0.39, 0.29) is 17.2 Å². The first kappa shape index (κ1) is 24.7. The van der Waals surface area contributed by atoms with Gasteiger partial charge >= 0.3 is 0 Å². The summed E-state index contributed by atoms with van der Waals surface area (Å²) in [7, 11) is -2.01. The number of aryl methyl sites for hydroxylation is 2. The summed E-state index contributed by atoms with van der Waals surface area (Å²) in [6.07, 6.45) is 5.78. The molecule has 1 aromatic heterocycles. The Kier molecular flexibility index (Phi) is 7.65. The Morgan fingerprint density at radius 1 is 1.14 bits per heavy atom. The molecule has 1 aliphatic heterocycles. The summed E-state index contributed by atoms with van der Waals surface area (Å²) in [5.41, 5.74) is 2.49. The van der Waals surface area contributed by atoms with Crippen LogP contribution in [0.1, 0.15) is 43.6 Å².